The summed E-state index contributed by atoms with van der Waals surface area (Å²) >= 11 is 0. The number of rotatable bonds is 1. The number of benzene rings is 2. The average molecular weight is 259 g/mol. The summed E-state index contributed by atoms with van der Waals surface area (Å²) in [6, 6.07) is 13.1. The zero-order valence-corrected chi connectivity index (χ0v) is 11.6. The van der Waals surface area contributed by atoms with Crippen molar-refractivity contribution in [1.82, 2.24) is 4.98 Å². The molecule has 1 heterocycles. The minimum atomic E-state index is 1.13. The van der Waals surface area contributed by atoms with Gasteiger partial charge in [-0.1, -0.05) is 48.6 Å². The highest BCUT2D eigenvalue weighted by Gasteiger charge is 2.12. The second kappa shape index (κ2) is 4.38. The summed E-state index contributed by atoms with van der Waals surface area (Å²) in [5, 5.41) is 2.71. The second-order valence-corrected chi connectivity index (χ2v) is 5.51. The van der Waals surface area contributed by atoms with Crippen molar-refractivity contribution >= 4 is 27.4 Å². The fraction of sp³-hybridized carbons (Fsp3) is 0.158. The van der Waals surface area contributed by atoms with Crippen LogP contribution in [0.2, 0.25) is 0 Å². The van der Waals surface area contributed by atoms with Gasteiger partial charge in [0.15, 0.2) is 0 Å². The molecule has 0 amide bonds. The van der Waals surface area contributed by atoms with Gasteiger partial charge in [-0.3, -0.25) is 0 Å². The molecule has 0 atom stereocenters. The fourth-order valence-corrected chi connectivity index (χ4v) is 3.22. The summed E-state index contributed by atoms with van der Waals surface area (Å²) < 4.78 is 0. The van der Waals surface area contributed by atoms with Gasteiger partial charge in [-0.25, -0.2) is 0 Å². The first kappa shape index (κ1) is 11.5. The van der Waals surface area contributed by atoms with Crippen LogP contribution in [0.15, 0.2) is 54.6 Å². The fourth-order valence-electron chi connectivity index (χ4n) is 3.22. The number of nitrogens with one attached hydrogen (secondary N) is 1. The van der Waals surface area contributed by atoms with Crippen molar-refractivity contribution in [2.45, 2.75) is 19.8 Å². The molecule has 0 aliphatic heterocycles. The predicted octanol–water partition coefficient (Wildman–Crippen LogP) is 5.36. The first-order valence-electron chi connectivity index (χ1n) is 7.21. The highest BCUT2D eigenvalue weighted by molar-refractivity contribution is 6.12. The third-order valence-corrected chi connectivity index (χ3v) is 4.23. The van der Waals surface area contributed by atoms with Crippen LogP contribution < -0.4 is 0 Å². The van der Waals surface area contributed by atoms with E-state index in [1.54, 1.807) is 0 Å². The van der Waals surface area contributed by atoms with Gasteiger partial charge in [-0.2, -0.15) is 0 Å². The van der Waals surface area contributed by atoms with E-state index < -0.39 is 0 Å². The Hall–Kier alpha value is -2.28. The molecule has 1 N–H and O–H groups in total. The van der Waals surface area contributed by atoms with Crippen molar-refractivity contribution in [3.8, 4) is 0 Å². The summed E-state index contributed by atoms with van der Waals surface area (Å²) in [4.78, 5) is 3.58. The molecule has 98 valence electrons. The minimum absolute atomic E-state index is 1.13. The van der Waals surface area contributed by atoms with Crippen molar-refractivity contribution in [3.63, 3.8) is 0 Å². The number of allylic oxidation sites excluding steroid dienone is 4. The van der Waals surface area contributed by atoms with E-state index in [4.69, 9.17) is 0 Å². The number of aromatic amines is 1. The second-order valence-electron chi connectivity index (χ2n) is 5.51. The Bertz CT molecular complexity index is 862. The number of H-pyrrole nitrogens is 1. The lowest BCUT2D eigenvalue weighted by Crippen LogP contribution is -1.88. The molecule has 2 aromatic carbocycles. The van der Waals surface area contributed by atoms with E-state index in [0.717, 1.165) is 12.8 Å². The van der Waals surface area contributed by atoms with E-state index in [9.17, 15) is 0 Å². The highest BCUT2D eigenvalue weighted by atomic mass is 14.7. The first-order valence-corrected chi connectivity index (χ1v) is 7.21. The number of aryl methyl sites for hydroxylation is 1. The molecule has 1 aliphatic carbocycles. The van der Waals surface area contributed by atoms with Crippen LogP contribution >= 0.6 is 0 Å². The summed E-state index contributed by atoms with van der Waals surface area (Å²) in [5.74, 6) is 0. The standard InChI is InChI=1S/C19H17N/c1-13-7-5-11-16-18-15(14-8-3-2-4-9-14)10-6-12-17(18)20-19(13)16/h2-3,5-8,10-12,20H,4,9H2,1H3. The van der Waals surface area contributed by atoms with Gasteiger partial charge in [-0.15, -0.1) is 0 Å². The van der Waals surface area contributed by atoms with E-state index in [1.165, 1.54) is 38.5 Å². The van der Waals surface area contributed by atoms with Gasteiger partial charge in [-0.05, 0) is 42.5 Å². The molecule has 1 heteroatoms. The van der Waals surface area contributed by atoms with Gasteiger partial charge < -0.3 is 4.98 Å². The molecule has 3 aromatic rings. The molecule has 1 aliphatic rings. The predicted molar refractivity (Wildman–Crippen MR) is 86.9 cm³/mol. The van der Waals surface area contributed by atoms with Crippen LogP contribution in [0.4, 0.5) is 0 Å². The normalized spacial score (nSPS) is 14.9. The summed E-state index contributed by atoms with van der Waals surface area (Å²) in [6.07, 6.45) is 8.95. The SMILES string of the molecule is Cc1cccc2c1[nH]c1cccc(C3=CC=CCC3)c12. The van der Waals surface area contributed by atoms with Gasteiger partial charge in [0, 0.05) is 21.8 Å². The average Bonchev–Trinajstić information content (AvgIpc) is 2.88. The number of fused-ring (bicyclic) bond motifs is 3. The molecule has 1 nitrogen and oxygen atoms in total. The monoisotopic (exact) mass is 259 g/mol. The Balaban J connectivity index is 2.11. The van der Waals surface area contributed by atoms with Crippen LogP contribution in [0.1, 0.15) is 24.0 Å². The van der Waals surface area contributed by atoms with E-state index >= 15 is 0 Å². The molecule has 0 spiro atoms. The maximum absolute atomic E-state index is 3.58. The Labute approximate surface area is 118 Å². The summed E-state index contributed by atoms with van der Waals surface area (Å²) in [5.41, 5.74) is 6.63. The van der Waals surface area contributed by atoms with Gasteiger partial charge in [0.25, 0.3) is 0 Å². The number of hydrogen-bond donors (Lipinski definition) is 1. The molecule has 0 fully saturated rings. The lowest BCUT2D eigenvalue weighted by atomic mass is 9.93. The number of para-hydroxylation sites is 1. The van der Waals surface area contributed by atoms with Crippen LogP contribution in [0, 0.1) is 6.92 Å². The van der Waals surface area contributed by atoms with Crippen molar-refractivity contribution in [3.05, 3.63) is 65.8 Å². The molecule has 0 radical (unpaired) electrons. The Morgan fingerprint density at radius 1 is 1.05 bits per heavy atom. The third-order valence-electron chi connectivity index (χ3n) is 4.23. The van der Waals surface area contributed by atoms with Crippen molar-refractivity contribution in [2.24, 2.45) is 0 Å². The molecule has 0 bridgehead atoms. The summed E-state index contributed by atoms with van der Waals surface area (Å²) in [7, 11) is 0. The topological polar surface area (TPSA) is 15.8 Å². The Kier molecular flexibility index (Phi) is 2.53. The zero-order valence-electron chi connectivity index (χ0n) is 11.6. The van der Waals surface area contributed by atoms with E-state index in [1.807, 2.05) is 0 Å². The molecule has 4 rings (SSSR count). The van der Waals surface area contributed by atoms with Crippen LogP contribution in [-0.2, 0) is 0 Å². The van der Waals surface area contributed by atoms with Crippen LogP contribution in [0.25, 0.3) is 27.4 Å². The third kappa shape index (κ3) is 1.63. The van der Waals surface area contributed by atoms with Crippen molar-refractivity contribution in [2.75, 3.05) is 0 Å². The molecular weight excluding hydrogens is 242 g/mol. The first-order chi connectivity index (χ1) is 9.84. The molecule has 0 saturated carbocycles. The van der Waals surface area contributed by atoms with Gasteiger partial charge in [0.2, 0.25) is 0 Å². The lowest BCUT2D eigenvalue weighted by molar-refractivity contribution is 1.06. The molecule has 20 heavy (non-hydrogen) atoms. The molecular formula is C19H17N. The van der Waals surface area contributed by atoms with Crippen molar-refractivity contribution < 1.29 is 0 Å². The maximum atomic E-state index is 3.58. The number of aromatic nitrogens is 1. The molecule has 0 unspecified atom stereocenters. The van der Waals surface area contributed by atoms with Gasteiger partial charge in [0.1, 0.15) is 0 Å². The molecule has 0 saturated heterocycles. The van der Waals surface area contributed by atoms with Crippen LogP contribution in [-0.4, -0.2) is 4.98 Å². The lowest BCUT2D eigenvalue weighted by Gasteiger charge is -2.11. The van der Waals surface area contributed by atoms with Crippen LogP contribution in [0.5, 0.6) is 0 Å². The smallest absolute Gasteiger partial charge is 0.0494 e. The summed E-state index contributed by atoms with van der Waals surface area (Å²) in [6.45, 7) is 2.17. The highest BCUT2D eigenvalue weighted by Crippen LogP contribution is 2.35. The largest absolute Gasteiger partial charge is 0.354 e. The number of hydrogen-bond acceptors (Lipinski definition) is 0. The van der Waals surface area contributed by atoms with Gasteiger partial charge >= 0.3 is 0 Å². The minimum Gasteiger partial charge on any atom is -0.354 e. The Morgan fingerprint density at radius 2 is 1.95 bits per heavy atom. The molecule has 1 aromatic heterocycles. The van der Waals surface area contributed by atoms with Crippen LogP contribution in [0.3, 0.4) is 0 Å². The van der Waals surface area contributed by atoms with E-state index in [2.05, 4.69) is 66.5 Å². The van der Waals surface area contributed by atoms with Crippen molar-refractivity contribution in [1.29, 1.82) is 0 Å². The van der Waals surface area contributed by atoms with E-state index in [0.29, 0.717) is 0 Å². The quantitative estimate of drug-likeness (QED) is 0.605. The maximum Gasteiger partial charge on any atom is 0.0494 e. The van der Waals surface area contributed by atoms with Gasteiger partial charge in [0.05, 0.1) is 0 Å². The zero-order chi connectivity index (χ0) is 13.5. The van der Waals surface area contributed by atoms with E-state index in [-0.39, 0.29) is 0 Å². The Morgan fingerprint density at radius 3 is 2.80 bits per heavy atom.